The molecule has 20 heavy (non-hydrogen) atoms. The summed E-state index contributed by atoms with van der Waals surface area (Å²) >= 11 is 0. The molecule has 0 aromatic rings. The minimum Gasteiger partial charge on any atom is -0.377 e. The van der Waals surface area contributed by atoms with Gasteiger partial charge in [-0.3, -0.25) is 4.79 Å². The Morgan fingerprint density at radius 2 is 2.10 bits per heavy atom. The van der Waals surface area contributed by atoms with Crippen LogP contribution in [0.3, 0.4) is 0 Å². The Hall–Kier alpha value is -0.610. The van der Waals surface area contributed by atoms with Crippen molar-refractivity contribution in [3.63, 3.8) is 0 Å². The van der Waals surface area contributed by atoms with Crippen LogP contribution in [0.15, 0.2) is 0 Å². The molecule has 0 bridgehead atoms. The highest BCUT2D eigenvalue weighted by atomic mass is 16.5. The van der Waals surface area contributed by atoms with Crippen molar-refractivity contribution >= 4 is 5.91 Å². The van der Waals surface area contributed by atoms with E-state index in [1.54, 1.807) is 0 Å². The minimum absolute atomic E-state index is 0.0569. The van der Waals surface area contributed by atoms with E-state index in [9.17, 15) is 4.79 Å². The van der Waals surface area contributed by atoms with E-state index in [-0.39, 0.29) is 12.1 Å². The summed E-state index contributed by atoms with van der Waals surface area (Å²) in [4.78, 5) is 14.9. The second-order valence-electron chi connectivity index (χ2n) is 6.62. The van der Waals surface area contributed by atoms with Crippen LogP contribution in [0.25, 0.3) is 0 Å². The molecule has 2 aliphatic heterocycles. The number of ether oxygens (including phenoxy) is 1. The Morgan fingerprint density at radius 3 is 2.95 bits per heavy atom. The molecule has 0 spiro atoms. The van der Waals surface area contributed by atoms with Crippen molar-refractivity contribution in [1.29, 1.82) is 0 Å². The fourth-order valence-electron chi connectivity index (χ4n) is 4.17. The van der Waals surface area contributed by atoms with Crippen LogP contribution in [0.5, 0.6) is 0 Å². The van der Waals surface area contributed by atoms with E-state index in [1.807, 2.05) is 0 Å². The summed E-state index contributed by atoms with van der Waals surface area (Å²) in [5.74, 6) is 1.14. The number of piperidine rings is 1. The number of nitrogens with one attached hydrogen (secondary N) is 1. The SMILES string of the molecule is CCC1COCCN1C(=O)C1CCC2CCCCC2N1. The lowest BCUT2D eigenvalue weighted by molar-refractivity contribution is -0.143. The standard InChI is InChI=1S/C16H28N2O2/c1-2-13-11-20-10-9-18(13)16(19)15-8-7-12-5-3-4-6-14(12)17-15/h12-15,17H,2-11H2,1H3. The van der Waals surface area contributed by atoms with Gasteiger partial charge in [0.1, 0.15) is 0 Å². The number of morpholine rings is 1. The number of hydrogen-bond donors (Lipinski definition) is 1. The van der Waals surface area contributed by atoms with Gasteiger partial charge >= 0.3 is 0 Å². The van der Waals surface area contributed by atoms with Crippen molar-refractivity contribution < 1.29 is 9.53 Å². The summed E-state index contributed by atoms with van der Waals surface area (Å²) in [5.41, 5.74) is 0. The molecule has 2 saturated heterocycles. The van der Waals surface area contributed by atoms with Crippen LogP contribution < -0.4 is 5.32 Å². The van der Waals surface area contributed by atoms with Gasteiger partial charge in [0.05, 0.1) is 25.3 Å². The topological polar surface area (TPSA) is 41.6 Å². The van der Waals surface area contributed by atoms with Gasteiger partial charge in [-0.1, -0.05) is 19.8 Å². The van der Waals surface area contributed by atoms with E-state index in [1.165, 1.54) is 32.1 Å². The summed E-state index contributed by atoms with van der Waals surface area (Å²) in [6.07, 6.45) is 8.56. The molecular formula is C16H28N2O2. The van der Waals surface area contributed by atoms with E-state index in [2.05, 4.69) is 17.1 Å². The molecule has 4 unspecified atom stereocenters. The zero-order chi connectivity index (χ0) is 13.9. The first-order chi connectivity index (χ1) is 9.79. The highest BCUT2D eigenvalue weighted by Crippen LogP contribution is 2.32. The maximum absolute atomic E-state index is 12.8. The number of carbonyl (C=O) groups excluding carboxylic acids is 1. The monoisotopic (exact) mass is 280 g/mol. The first kappa shape index (κ1) is 14.3. The summed E-state index contributed by atoms with van der Waals surface area (Å²) in [6, 6.07) is 0.927. The van der Waals surface area contributed by atoms with E-state index in [0.29, 0.717) is 25.2 Å². The fourth-order valence-corrected chi connectivity index (χ4v) is 4.17. The second-order valence-corrected chi connectivity index (χ2v) is 6.62. The van der Waals surface area contributed by atoms with E-state index in [4.69, 9.17) is 4.74 Å². The fraction of sp³-hybridized carbons (Fsp3) is 0.938. The summed E-state index contributed by atoms with van der Waals surface area (Å²) in [7, 11) is 0. The number of carbonyl (C=O) groups is 1. The molecule has 114 valence electrons. The van der Waals surface area contributed by atoms with Crippen LogP contribution in [0.1, 0.15) is 51.9 Å². The average Bonchev–Trinajstić information content (AvgIpc) is 2.53. The maximum Gasteiger partial charge on any atom is 0.240 e. The van der Waals surface area contributed by atoms with Crippen molar-refractivity contribution in [3.8, 4) is 0 Å². The molecule has 1 N–H and O–H groups in total. The first-order valence-corrected chi connectivity index (χ1v) is 8.44. The molecule has 1 aliphatic carbocycles. The lowest BCUT2D eigenvalue weighted by Gasteiger charge is -2.43. The first-order valence-electron chi connectivity index (χ1n) is 8.44. The Balaban J connectivity index is 1.61. The second kappa shape index (κ2) is 6.44. The lowest BCUT2D eigenvalue weighted by atomic mass is 9.77. The van der Waals surface area contributed by atoms with Gasteiger partial charge in [-0.15, -0.1) is 0 Å². The zero-order valence-corrected chi connectivity index (χ0v) is 12.6. The summed E-state index contributed by atoms with van der Waals surface area (Å²) in [6.45, 7) is 4.32. The molecule has 3 rings (SSSR count). The van der Waals surface area contributed by atoms with Gasteiger partial charge in [0.2, 0.25) is 5.91 Å². The van der Waals surface area contributed by atoms with Gasteiger partial charge in [0.25, 0.3) is 0 Å². The van der Waals surface area contributed by atoms with E-state index >= 15 is 0 Å². The molecule has 1 saturated carbocycles. The minimum atomic E-state index is 0.0569. The third kappa shape index (κ3) is 2.86. The summed E-state index contributed by atoms with van der Waals surface area (Å²) in [5, 5.41) is 3.67. The molecule has 0 radical (unpaired) electrons. The quantitative estimate of drug-likeness (QED) is 0.840. The Labute approximate surface area is 122 Å². The van der Waals surface area contributed by atoms with Crippen molar-refractivity contribution in [2.45, 2.75) is 70.0 Å². The molecule has 0 aromatic carbocycles. The molecule has 3 aliphatic rings. The van der Waals surface area contributed by atoms with Crippen molar-refractivity contribution in [1.82, 2.24) is 10.2 Å². The number of nitrogens with zero attached hydrogens (tertiary/aromatic N) is 1. The van der Waals surface area contributed by atoms with Gasteiger partial charge in [0, 0.05) is 12.6 Å². The molecule has 4 atom stereocenters. The molecular weight excluding hydrogens is 252 g/mol. The molecule has 4 heteroatoms. The van der Waals surface area contributed by atoms with Crippen molar-refractivity contribution in [3.05, 3.63) is 0 Å². The van der Waals surface area contributed by atoms with Gasteiger partial charge in [0.15, 0.2) is 0 Å². The molecule has 4 nitrogen and oxygen atoms in total. The van der Waals surface area contributed by atoms with Crippen LogP contribution >= 0.6 is 0 Å². The van der Waals surface area contributed by atoms with Crippen molar-refractivity contribution in [2.24, 2.45) is 5.92 Å². The predicted molar refractivity (Wildman–Crippen MR) is 78.5 cm³/mol. The smallest absolute Gasteiger partial charge is 0.240 e. The largest absolute Gasteiger partial charge is 0.377 e. The van der Waals surface area contributed by atoms with Crippen molar-refractivity contribution in [2.75, 3.05) is 19.8 Å². The molecule has 2 heterocycles. The molecule has 3 fully saturated rings. The van der Waals surface area contributed by atoms with E-state index < -0.39 is 0 Å². The van der Waals surface area contributed by atoms with E-state index in [0.717, 1.165) is 25.3 Å². The van der Waals surface area contributed by atoms with Crippen LogP contribution in [0.2, 0.25) is 0 Å². The summed E-state index contributed by atoms with van der Waals surface area (Å²) < 4.78 is 5.51. The average molecular weight is 280 g/mol. The molecule has 1 amide bonds. The third-order valence-electron chi connectivity index (χ3n) is 5.43. The van der Waals surface area contributed by atoms with Gasteiger partial charge in [-0.2, -0.15) is 0 Å². The molecule has 0 aromatic heterocycles. The number of amides is 1. The van der Waals surface area contributed by atoms with Gasteiger partial charge in [-0.25, -0.2) is 0 Å². The van der Waals surface area contributed by atoms with Gasteiger partial charge in [-0.05, 0) is 38.0 Å². The third-order valence-corrected chi connectivity index (χ3v) is 5.43. The van der Waals surface area contributed by atoms with Gasteiger partial charge < -0.3 is 15.0 Å². The normalized spacial score (nSPS) is 38.4. The lowest BCUT2D eigenvalue weighted by Crippen LogP contribution is -2.59. The van der Waals surface area contributed by atoms with Crippen LogP contribution in [-0.4, -0.2) is 48.7 Å². The predicted octanol–water partition coefficient (Wildman–Crippen LogP) is 1.93. The number of hydrogen-bond acceptors (Lipinski definition) is 3. The zero-order valence-electron chi connectivity index (χ0n) is 12.6. The number of fused-ring (bicyclic) bond motifs is 1. The van der Waals surface area contributed by atoms with Crippen LogP contribution in [0.4, 0.5) is 0 Å². The Kier molecular flexibility index (Phi) is 4.61. The maximum atomic E-state index is 12.8. The van der Waals surface area contributed by atoms with Crippen LogP contribution in [-0.2, 0) is 9.53 Å². The highest BCUT2D eigenvalue weighted by molar-refractivity contribution is 5.82. The number of rotatable bonds is 2. The van der Waals surface area contributed by atoms with Crippen LogP contribution in [0, 0.1) is 5.92 Å². The Bertz CT molecular complexity index is 347. The highest BCUT2D eigenvalue weighted by Gasteiger charge is 2.37. The Morgan fingerprint density at radius 1 is 1.25 bits per heavy atom.